The highest BCUT2D eigenvalue weighted by molar-refractivity contribution is 5.83. The first kappa shape index (κ1) is 23.4. The Hall–Kier alpha value is -3.97. The number of aromatic nitrogens is 4. The lowest BCUT2D eigenvalue weighted by Gasteiger charge is -2.31. The summed E-state index contributed by atoms with van der Waals surface area (Å²) in [6.07, 6.45) is 3.70. The molecule has 1 aliphatic rings. The molecule has 0 saturated heterocycles. The Bertz CT molecular complexity index is 1660. The van der Waals surface area contributed by atoms with Crippen molar-refractivity contribution < 1.29 is 4.52 Å². The third-order valence-electron chi connectivity index (χ3n) is 7.47. The number of benzene rings is 2. The zero-order valence-corrected chi connectivity index (χ0v) is 21.6. The van der Waals surface area contributed by atoms with Crippen LogP contribution in [0.3, 0.4) is 0 Å². The molecule has 0 radical (unpaired) electrons. The molecular weight excluding hydrogens is 462 g/mol. The van der Waals surface area contributed by atoms with Crippen LogP contribution < -0.4 is 5.56 Å². The summed E-state index contributed by atoms with van der Waals surface area (Å²) in [5.41, 5.74) is 7.61. The van der Waals surface area contributed by atoms with Gasteiger partial charge in [0.1, 0.15) is 0 Å². The molecule has 0 aliphatic carbocycles. The van der Waals surface area contributed by atoms with Crippen LogP contribution in [-0.4, -0.2) is 30.7 Å². The number of nitrogens with zero attached hydrogens (tertiary/aromatic N) is 5. The number of pyridine rings is 1. The molecule has 7 nitrogen and oxygen atoms in total. The molecule has 6 rings (SSSR count). The fraction of sp³-hybridized carbons (Fsp3) is 0.300. The minimum Gasteiger partial charge on any atom is -0.350 e. The van der Waals surface area contributed by atoms with E-state index in [4.69, 9.17) is 4.52 Å². The van der Waals surface area contributed by atoms with Gasteiger partial charge in [0.05, 0.1) is 6.54 Å². The fourth-order valence-corrected chi connectivity index (χ4v) is 5.58. The molecular formula is C30H31N5O2. The van der Waals surface area contributed by atoms with Gasteiger partial charge in [0, 0.05) is 67.9 Å². The molecule has 0 N–H and O–H groups in total. The summed E-state index contributed by atoms with van der Waals surface area (Å²) in [6.45, 7) is 6.88. The monoisotopic (exact) mass is 493 g/mol. The lowest BCUT2D eigenvalue weighted by molar-refractivity contribution is 0.241. The van der Waals surface area contributed by atoms with Crippen LogP contribution in [0.1, 0.15) is 41.0 Å². The maximum Gasteiger partial charge on any atom is 0.259 e. The lowest BCUT2D eigenvalue weighted by atomic mass is 9.96. The SMILES string of the molecule is CCc1nc(Cn2c3c(cc(-c4ccccc4C)c2=O)CN(Cc2cn(C)c4ccccc24)CC3)no1. The van der Waals surface area contributed by atoms with Crippen LogP contribution >= 0.6 is 0 Å². The first-order valence-electron chi connectivity index (χ1n) is 12.9. The summed E-state index contributed by atoms with van der Waals surface area (Å²) >= 11 is 0. The van der Waals surface area contributed by atoms with Crippen LogP contribution in [0.15, 0.2) is 70.1 Å². The number of aryl methyl sites for hydroxylation is 3. The quantitative estimate of drug-likeness (QED) is 0.338. The Kier molecular flexibility index (Phi) is 6.00. The number of rotatable bonds is 6. The molecule has 0 saturated carbocycles. The maximum atomic E-state index is 13.9. The molecule has 0 bridgehead atoms. The highest BCUT2D eigenvalue weighted by Crippen LogP contribution is 2.28. The normalized spacial score (nSPS) is 13.8. The van der Waals surface area contributed by atoms with E-state index in [1.165, 1.54) is 22.0 Å². The van der Waals surface area contributed by atoms with Gasteiger partial charge in [0.2, 0.25) is 5.89 Å². The van der Waals surface area contributed by atoms with Gasteiger partial charge in [-0.1, -0.05) is 54.5 Å². The third kappa shape index (κ3) is 4.29. The van der Waals surface area contributed by atoms with E-state index in [2.05, 4.69) is 76.2 Å². The van der Waals surface area contributed by atoms with Gasteiger partial charge in [-0.25, -0.2) is 0 Å². The zero-order chi connectivity index (χ0) is 25.5. The summed E-state index contributed by atoms with van der Waals surface area (Å²) in [4.78, 5) is 20.8. The Balaban J connectivity index is 1.40. The van der Waals surface area contributed by atoms with E-state index in [1.54, 1.807) is 0 Å². The molecule has 3 aromatic heterocycles. The van der Waals surface area contributed by atoms with Gasteiger partial charge in [-0.15, -0.1) is 0 Å². The summed E-state index contributed by atoms with van der Waals surface area (Å²) in [6, 6.07) is 18.7. The zero-order valence-electron chi connectivity index (χ0n) is 21.6. The predicted molar refractivity (Wildman–Crippen MR) is 144 cm³/mol. The second-order valence-corrected chi connectivity index (χ2v) is 9.94. The van der Waals surface area contributed by atoms with Crippen molar-refractivity contribution >= 4 is 10.9 Å². The van der Waals surface area contributed by atoms with Gasteiger partial charge in [-0.2, -0.15) is 4.98 Å². The van der Waals surface area contributed by atoms with E-state index >= 15 is 0 Å². The van der Waals surface area contributed by atoms with Crippen molar-refractivity contribution in [2.24, 2.45) is 7.05 Å². The van der Waals surface area contributed by atoms with E-state index in [0.29, 0.717) is 24.7 Å². The van der Waals surface area contributed by atoms with E-state index in [9.17, 15) is 4.79 Å². The van der Waals surface area contributed by atoms with Gasteiger partial charge in [-0.3, -0.25) is 9.69 Å². The van der Waals surface area contributed by atoms with E-state index < -0.39 is 0 Å². The topological polar surface area (TPSA) is 69.1 Å². The van der Waals surface area contributed by atoms with Crippen molar-refractivity contribution in [2.45, 2.75) is 46.3 Å². The van der Waals surface area contributed by atoms with Crippen molar-refractivity contribution in [1.82, 2.24) is 24.2 Å². The minimum atomic E-state index is -0.00148. The second kappa shape index (κ2) is 9.48. The molecule has 188 valence electrons. The fourth-order valence-electron chi connectivity index (χ4n) is 5.58. The van der Waals surface area contributed by atoms with E-state index in [1.807, 2.05) is 29.7 Å². The second-order valence-electron chi connectivity index (χ2n) is 9.94. The highest BCUT2D eigenvalue weighted by Gasteiger charge is 2.24. The van der Waals surface area contributed by atoms with Crippen LogP contribution in [0, 0.1) is 6.92 Å². The van der Waals surface area contributed by atoms with Crippen LogP contribution in [0.25, 0.3) is 22.0 Å². The first-order chi connectivity index (χ1) is 18.0. The van der Waals surface area contributed by atoms with Crippen LogP contribution in [0.2, 0.25) is 0 Å². The molecule has 0 amide bonds. The predicted octanol–water partition coefficient (Wildman–Crippen LogP) is 4.87. The lowest BCUT2D eigenvalue weighted by Crippen LogP contribution is -2.36. The van der Waals surface area contributed by atoms with Gasteiger partial charge in [-0.05, 0) is 41.3 Å². The van der Waals surface area contributed by atoms with Crippen molar-refractivity contribution in [3.63, 3.8) is 0 Å². The van der Waals surface area contributed by atoms with Crippen molar-refractivity contribution in [2.75, 3.05) is 6.54 Å². The molecule has 7 heteroatoms. The molecule has 4 heterocycles. The smallest absolute Gasteiger partial charge is 0.259 e. The van der Waals surface area contributed by atoms with Crippen LogP contribution in [-0.2, 0) is 39.5 Å². The molecule has 1 aliphatic heterocycles. The third-order valence-corrected chi connectivity index (χ3v) is 7.47. The van der Waals surface area contributed by atoms with Gasteiger partial charge in [0.25, 0.3) is 5.56 Å². The number of hydrogen-bond acceptors (Lipinski definition) is 5. The summed E-state index contributed by atoms with van der Waals surface area (Å²) < 4.78 is 9.41. The molecule has 0 fully saturated rings. The first-order valence-corrected chi connectivity index (χ1v) is 12.9. The average molecular weight is 494 g/mol. The van der Waals surface area contributed by atoms with Crippen LogP contribution in [0.4, 0.5) is 0 Å². The maximum absolute atomic E-state index is 13.9. The van der Waals surface area contributed by atoms with Gasteiger partial charge >= 0.3 is 0 Å². The Labute approximate surface area is 216 Å². The van der Waals surface area contributed by atoms with Crippen LogP contribution in [0.5, 0.6) is 0 Å². The Morgan fingerprint density at radius 3 is 2.65 bits per heavy atom. The van der Waals surface area contributed by atoms with Gasteiger partial charge in [0.15, 0.2) is 5.82 Å². The molecule has 5 aromatic rings. The van der Waals surface area contributed by atoms with Crippen molar-refractivity contribution in [3.05, 3.63) is 105 Å². The molecule has 37 heavy (non-hydrogen) atoms. The number of para-hydroxylation sites is 1. The molecule has 0 unspecified atom stereocenters. The minimum absolute atomic E-state index is 0.00148. The number of fused-ring (bicyclic) bond motifs is 2. The highest BCUT2D eigenvalue weighted by atomic mass is 16.5. The van der Waals surface area contributed by atoms with Gasteiger partial charge < -0.3 is 13.7 Å². The Morgan fingerprint density at radius 2 is 1.84 bits per heavy atom. The van der Waals surface area contributed by atoms with E-state index in [0.717, 1.165) is 48.4 Å². The summed E-state index contributed by atoms with van der Waals surface area (Å²) in [5.74, 6) is 1.13. The Morgan fingerprint density at radius 1 is 1.03 bits per heavy atom. The van der Waals surface area contributed by atoms with E-state index in [-0.39, 0.29) is 5.56 Å². The molecule has 0 spiro atoms. The van der Waals surface area contributed by atoms with Crippen molar-refractivity contribution in [1.29, 1.82) is 0 Å². The summed E-state index contributed by atoms with van der Waals surface area (Å²) in [5, 5.41) is 5.43. The molecule has 2 aromatic carbocycles. The largest absolute Gasteiger partial charge is 0.350 e. The standard InChI is InChI=1S/C30H31N5O2/c1-4-29-31-28(32-37-29)19-35-26-13-14-34(18-22-16-33(3)27-12-8-7-11-24(22)27)17-21(26)15-25(30(35)36)23-10-6-5-9-20(23)2/h5-12,15-16H,4,13-14,17-19H2,1-3H3. The number of hydrogen-bond donors (Lipinski definition) is 0. The average Bonchev–Trinajstić information content (AvgIpc) is 3.50. The summed E-state index contributed by atoms with van der Waals surface area (Å²) in [7, 11) is 2.10. The molecule has 0 atom stereocenters. The van der Waals surface area contributed by atoms with Crippen molar-refractivity contribution in [3.8, 4) is 11.1 Å².